The number of hydrogen-bond acceptors (Lipinski definition) is 2. The quantitative estimate of drug-likeness (QED) is 0.578. The number of hydrogen-bond donors (Lipinski definition) is 1. The Morgan fingerprint density at radius 1 is 1.12 bits per heavy atom. The Morgan fingerprint density at radius 2 is 1.76 bits per heavy atom. The molecule has 2 aliphatic carbocycles. The number of rotatable bonds is 2. The molecule has 1 N–H and O–H groups in total. The van der Waals surface area contributed by atoms with Gasteiger partial charge in [-0.3, -0.25) is 14.9 Å². The van der Waals surface area contributed by atoms with Gasteiger partial charge < -0.3 is 0 Å². The second-order valence-corrected chi connectivity index (χ2v) is 5.47. The highest BCUT2D eigenvalue weighted by Gasteiger charge is 2.50. The minimum atomic E-state index is -0.0959. The van der Waals surface area contributed by atoms with Crippen LogP contribution in [0.1, 0.15) is 38.5 Å². The monoisotopic (exact) mass is 231 g/mol. The van der Waals surface area contributed by atoms with E-state index in [0.29, 0.717) is 12.3 Å². The Hall–Kier alpha value is -1.30. The lowest BCUT2D eigenvalue weighted by atomic mass is 9.98. The Kier molecular flexibility index (Phi) is 2.66. The summed E-state index contributed by atoms with van der Waals surface area (Å²) in [5.41, 5.74) is 0. The molecule has 90 valence electrons. The van der Waals surface area contributed by atoms with Gasteiger partial charge in [-0.2, -0.15) is 0 Å². The Morgan fingerprint density at radius 3 is 2.29 bits per heavy atom. The van der Waals surface area contributed by atoms with E-state index in [1.54, 1.807) is 0 Å². The van der Waals surface area contributed by atoms with Crippen molar-refractivity contribution in [3.63, 3.8) is 0 Å². The average molecular weight is 231 g/mol. The van der Waals surface area contributed by atoms with Gasteiger partial charge in [0.1, 0.15) is 0 Å². The summed E-state index contributed by atoms with van der Waals surface area (Å²) >= 11 is 0. The SMILES string of the molecule is O=C1CC(CC2[C@H]3CCC#CCC[C@@H]23)C(=O)N1. The molecular weight excluding hydrogens is 214 g/mol. The fourth-order valence-corrected chi connectivity index (χ4v) is 3.51. The number of imide groups is 1. The van der Waals surface area contributed by atoms with Crippen LogP contribution in [0.3, 0.4) is 0 Å². The molecule has 3 aliphatic rings. The molecule has 0 spiro atoms. The van der Waals surface area contributed by atoms with Crippen LogP contribution in [0.2, 0.25) is 0 Å². The topological polar surface area (TPSA) is 46.2 Å². The van der Waals surface area contributed by atoms with Gasteiger partial charge in [0.2, 0.25) is 11.8 Å². The minimum absolute atomic E-state index is 0.0504. The summed E-state index contributed by atoms with van der Waals surface area (Å²) in [5.74, 6) is 8.39. The van der Waals surface area contributed by atoms with Crippen LogP contribution in [0.4, 0.5) is 0 Å². The summed E-state index contributed by atoms with van der Waals surface area (Å²) < 4.78 is 0. The summed E-state index contributed by atoms with van der Waals surface area (Å²) in [7, 11) is 0. The van der Waals surface area contributed by atoms with Gasteiger partial charge in [-0.15, -0.1) is 11.8 Å². The zero-order valence-electron chi connectivity index (χ0n) is 9.87. The van der Waals surface area contributed by atoms with E-state index in [9.17, 15) is 9.59 Å². The van der Waals surface area contributed by atoms with Crippen molar-refractivity contribution in [1.82, 2.24) is 5.32 Å². The van der Waals surface area contributed by atoms with Gasteiger partial charge in [-0.1, -0.05) is 0 Å². The molecule has 0 radical (unpaired) electrons. The highest BCUT2D eigenvalue weighted by atomic mass is 16.2. The minimum Gasteiger partial charge on any atom is -0.296 e. The van der Waals surface area contributed by atoms with E-state index in [4.69, 9.17) is 0 Å². The van der Waals surface area contributed by atoms with E-state index in [1.807, 2.05) is 0 Å². The second kappa shape index (κ2) is 4.18. The van der Waals surface area contributed by atoms with Gasteiger partial charge in [0.25, 0.3) is 0 Å². The normalized spacial score (nSPS) is 39.5. The molecule has 1 saturated carbocycles. The number of amides is 2. The van der Waals surface area contributed by atoms with Crippen LogP contribution in [0, 0.1) is 35.5 Å². The van der Waals surface area contributed by atoms with Crippen molar-refractivity contribution in [3.8, 4) is 11.8 Å². The number of nitrogens with one attached hydrogen (secondary N) is 1. The summed E-state index contributed by atoms with van der Waals surface area (Å²) in [4.78, 5) is 22.7. The predicted molar refractivity (Wildman–Crippen MR) is 62.6 cm³/mol. The average Bonchev–Trinajstić information content (AvgIpc) is 2.74. The number of carbonyl (C=O) groups is 2. The molecule has 4 atom stereocenters. The van der Waals surface area contributed by atoms with Gasteiger partial charge in [0.15, 0.2) is 0 Å². The van der Waals surface area contributed by atoms with Crippen LogP contribution in [-0.2, 0) is 9.59 Å². The molecule has 2 unspecified atom stereocenters. The maximum absolute atomic E-state index is 11.5. The van der Waals surface area contributed by atoms with Gasteiger partial charge >= 0.3 is 0 Å². The summed E-state index contributed by atoms with van der Waals surface area (Å²) in [6, 6.07) is 0. The molecule has 1 heterocycles. The standard InChI is InChI=1S/C14H17NO2/c16-13-8-9(14(17)15-13)7-12-10-5-3-1-2-4-6-11(10)12/h9-12H,3-8H2,(H,15,16,17)/t9?,10-,11+,12?. The van der Waals surface area contributed by atoms with Crippen LogP contribution in [0.25, 0.3) is 0 Å². The summed E-state index contributed by atoms with van der Waals surface area (Å²) in [6.45, 7) is 0. The maximum atomic E-state index is 11.5. The van der Waals surface area contributed by atoms with Gasteiger partial charge in [-0.25, -0.2) is 0 Å². The molecule has 0 bridgehead atoms. The van der Waals surface area contributed by atoms with E-state index >= 15 is 0 Å². The van der Waals surface area contributed by atoms with Gasteiger partial charge in [0, 0.05) is 25.2 Å². The molecule has 2 amide bonds. The van der Waals surface area contributed by atoms with E-state index < -0.39 is 0 Å². The smallest absolute Gasteiger partial charge is 0.230 e. The van der Waals surface area contributed by atoms with Crippen LogP contribution >= 0.6 is 0 Å². The van der Waals surface area contributed by atoms with Gasteiger partial charge in [0.05, 0.1) is 0 Å². The first-order chi connectivity index (χ1) is 8.25. The molecule has 2 fully saturated rings. The van der Waals surface area contributed by atoms with E-state index in [-0.39, 0.29) is 17.7 Å². The van der Waals surface area contributed by atoms with Crippen molar-refractivity contribution >= 4 is 11.8 Å². The first-order valence-electron chi connectivity index (χ1n) is 6.55. The molecule has 3 heteroatoms. The first kappa shape index (κ1) is 10.8. The Bertz CT molecular complexity index is 400. The molecule has 1 saturated heterocycles. The van der Waals surface area contributed by atoms with Crippen LogP contribution in [0.15, 0.2) is 0 Å². The Balaban J connectivity index is 1.58. The van der Waals surface area contributed by atoms with Crippen molar-refractivity contribution in [1.29, 1.82) is 0 Å². The molecule has 0 aromatic carbocycles. The molecule has 17 heavy (non-hydrogen) atoms. The lowest BCUT2D eigenvalue weighted by molar-refractivity contribution is -0.125. The highest BCUT2D eigenvalue weighted by molar-refractivity contribution is 6.03. The van der Waals surface area contributed by atoms with Crippen molar-refractivity contribution in [2.45, 2.75) is 38.5 Å². The van der Waals surface area contributed by atoms with E-state index in [1.165, 1.54) is 12.8 Å². The highest BCUT2D eigenvalue weighted by Crippen LogP contribution is 2.55. The van der Waals surface area contributed by atoms with Gasteiger partial charge in [-0.05, 0) is 37.0 Å². The fraction of sp³-hybridized carbons (Fsp3) is 0.714. The molecule has 0 aromatic heterocycles. The van der Waals surface area contributed by atoms with Crippen LogP contribution in [-0.4, -0.2) is 11.8 Å². The Labute approximate surface area is 101 Å². The van der Waals surface area contributed by atoms with Crippen molar-refractivity contribution in [2.75, 3.05) is 0 Å². The first-order valence-corrected chi connectivity index (χ1v) is 6.55. The second-order valence-electron chi connectivity index (χ2n) is 5.47. The third-order valence-corrected chi connectivity index (χ3v) is 4.46. The van der Waals surface area contributed by atoms with Crippen molar-refractivity contribution in [2.24, 2.45) is 23.7 Å². The molecule has 3 rings (SSSR count). The third kappa shape index (κ3) is 2.09. The zero-order chi connectivity index (χ0) is 11.8. The van der Waals surface area contributed by atoms with Crippen LogP contribution < -0.4 is 5.32 Å². The zero-order valence-corrected chi connectivity index (χ0v) is 9.87. The maximum Gasteiger partial charge on any atom is 0.230 e. The molecular formula is C14H17NO2. The lowest BCUT2D eigenvalue weighted by Gasteiger charge is -2.04. The van der Waals surface area contributed by atoms with Crippen molar-refractivity contribution in [3.05, 3.63) is 0 Å². The molecule has 1 aliphatic heterocycles. The number of fused-ring (bicyclic) bond motifs is 1. The largest absolute Gasteiger partial charge is 0.296 e. The predicted octanol–water partition coefficient (Wildman–Crippen LogP) is 1.48. The van der Waals surface area contributed by atoms with Crippen molar-refractivity contribution < 1.29 is 9.59 Å². The third-order valence-electron chi connectivity index (χ3n) is 4.46. The lowest BCUT2D eigenvalue weighted by Crippen LogP contribution is -2.22. The van der Waals surface area contributed by atoms with E-state index in [2.05, 4.69) is 17.2 Å². The summed E-state index contributed by atoms with van der Waals surface area (Å²) in [5, 5.41) is 2.40. The molecule has 0 aromatic rings. The van der Waals surface area contributed by atoms with Crippen LogP contribution in [0.5, 0.6) is 0 Å². The molecule has 3 nitrogen and oxygen atoms in total. The van der Waals surface area contributed by atoms with E-state index in [0.717, 1.165) is 31.1 Å². The fourth-order valence-electron chi connectivity index (χ4n) is 3.51. The number of carbonyl (C=O) groups excluding carboxylic acids is 2. The summed E-state index contributed by atoms with van der Waals surface area (Å²) in [6.07, 6.45) is 5.70.